The molecule has 2 aliphatic rings. The normalized spacial score (nSPS) is 17.8. The monoisotopic (exact) mass is 1020 g/mol. The van der Waals surface area contributed by atoms with Crippen molar-refractivity contribution in [1.29, 1.82) is 0 Å². The number of anilines is 1. The van der Waals surface area contributed by atoms with Gasteiger partial charge in [-0.25, -0.2) is 9.97 Å². The lowest BCUT2D eigenvalue weighted by atomic mass is 9.85. The molecule has 398 valence electrons. The van der Waals surface area contributed by atoms with Crippen LogP contribution in [0.5, 0.6) is 5.88 Å². The first-order valence-electron chi connectivity index (χ1n) is 26.1. The highest BCUT2D eigenvalue weighted by atomic mass is 16.5. The van der Waals surface area contributed by atoms with Gasteiger partial charge < -0.3 is 51.7 Å². The lowest BCUT2D eigenvalue weighted by Crippen LogP contribution is -2.59. The van der Waals surface area contributed by atoms with E-state index >= 15 is 0 Å². The number of rotatable bonds is 21. The number of hydrogen-bond donors (Lipinski definition) is 6. The summed E-state index contributed by atoms with van der Waals surface area (Å²) in [5, 5.41) is 20.4. The molecule has 0 radical (unpaired) electrons. The van der Waals surface area contributed by atoms with E-state index in [0.717, 1.165) is 56.2 Å². The predicted octanol–water partition coefficient (Wildman–Crippen LogP) is 6.32. The number of aromatic nitrogens is 4. The van der Waals surface area contributed by atoms with Gasteiger partial charge in [-0.1, -0.05) is 108 Å². The summed E-state index contributed by atoms with van der Waals surface area (Å²) in [6.07, 6.45) is 7.92. The molecule has 4 aromatic rings. The van der Waals surface area contributed by atoms with Crippen molar-refractivity contribution < 1.29 is 28.7 Å². The van der Waals surface area contributed by atoms with Crippen molar-refractivity contribution in [2.24, 2.45) is 5.41 Å². The number of nitrogens with one attached hydrogen (secondary N) is 5. The van der Waals surface area contributed by atoms with E-state index in [1.165, 1.54) is 6.20 Å². The van der Waals surface area contributed by atoms with Gasteiger partial charge in [0.25, 0.3) is 11.8 Å². The topological polar surface area (TPSA) is 235 Å². The number of nitrogens with zero attached hydrogens (tertiary/aromatic N) is 7. The SMILES string of the molecule is [C-]#[N+]c1nn(CCNC(=O)CCCCCCCCN[C@H]2C[C@@H](C(=O)N[C@H](CC)c3ccccc3)N(C(=O)[C@@H](NC(=O)[C@H](C)NC)C(C)(C)C)C2)c2c1-c1cnc(N)c(n1)O[C@H](C)c1cc(C)ccc1C(=O)N(C)C2. The quantitative estimate of drug-likeness (QED) is 0.0398. The van der Waals surface area contributed by atoms with E-state index in [0.29, 0.717) is 53.9 Å². The Kier molecular flexibility index (Phi) is 19.7. The molecule has 74 heavy (non-hydrogen) atoms. The number of ether oxygens (including phenoxy) is 1. The van der Waals surface area contributed by atoms with Gasteiger partial charge in [0.15, 0.2) is 5.82 Å². The molecule has 4 heterocycles. The fourth-order valence-corrected chi connectivity index (χ4v) is 9.58. The van der Waals surface area contributed by atoms with Gasteiger partial charge >= 0.3 is 5.82 Å². The number of amides is 5. The minimum atomic E-state index is -0.832. The van der Waals surface area contributed by atoms with Crippen LogP contribution in [-0.4, -0.2) is 117 Å². The van der Waals surface area contributed by atoms with Crippen LogP contribution in [0.2, 0.25) is 0 Å². The zero-order chi connectivity index (χ0) is 53.7. The molecule has 6 rings (SSSR count). The molecule has 2 aliphatic heterocycles. The zero-order valence-corrected chi connectivity index (χ0v) is 44.7. The van der Waals surface area contributed by atoms with Crippen molar-refractivity contribution in [2.75, 3.05) is 39.5 Å². The maximum absolute atomic E-state index is 14.4. The average molecular weight is 1020 g/mol. The van der Waals surface area contributed by atoms with Crippen molar-refractivity contribution in [3.8, 4) is 17.1 Å². The molecule has 0 spiro atoms. The van der Waals surface area contributed by atoms with Crippen LogP contribution >= 0.6 is 0 Å². The van der Waals surface area contributed by atoms with Crippen LogP contribution in [-0.2, 0) is 32.3 Å². The summed E-state index contributed by atoms with van der Waals surface area (Å²) in [6.45, 7) is 23.0. The lowest BCUT2D eigenvalue weighted by molar-refractivity contribution is -0.144. The van der Waals surface area contributed by atoms with Crippen LogP contribution in [0.4, 0.5) is 11.6 Å². The van der Waals surface area contributed by atoms with Crippen LogP contribution in [0.15, 0.2) is 54.7 Å². The minimum Gasteiger partial charge on any atom is -0.467 e. The molecule has 7 N–H and O–H groups in total. The van der Waals surface area contributed by atoms with Gasteiger partial charge in [-0.15, -0.1) is 0 Å². The van der Waals surface area contributed by atoms with Crippen molar-refractivity contribution in [3.05, 3.63) is 94.1 Å². The van der Waals surface area contributed by atoms with Crippen molar-refractivity contribution in [1.82, 2.24) is 56.1 Å². The Labute approximate surface area is 436 Å². The number of unbranched alkanes of at least 4 members (excludes halogenated alkanes) is 5. The van der Waals surface area contributed by atoms with Crippen molar-refractivity contribution in [3.63, 3.8) is 0 Å². The first-order chi connectivity index (χ1) is 35.3. The predicted molar refractivity (Wildman–Crippen MR) is 285 cm³/mol. The molecule has 2 aromatic heterocycles. The van der Waals surface area contributed by atoms with Gasteiger partial charge in [-0.2, -0.15) is 4.68 Å². The first-order valence-corrected chi connectivity index (χ1v) is 26.1. The lowest BCUT2D eigenvalue weighted by Gasteiger charge is -2.36. The van der Waals surface area contributed by atoms with Crippen molar-refractivity contribution >= 4 is 41.2 Å². The van der Waals surface area contributed by atoms with E-state index in [1.54, 1.807) is 41.6 Å². The summed E-state index contributed by atoms with van der Waals surface area (Å²) < 4.78 is 7.85. The largest absolute Gasteiger partial charge is 0.467 e. The van der Waals surface area contributed by atoms with E-state index in [1.807, 2.05) is 84.0 Å². The summed E-state index contributed by atoms with van der Waals surface area (Å²) in [5.74, 6) is -0.831. The van der Waals surface area contributed by atoms with Crippen LogP contribution in [0.25, 0.3) is 16.1 Å². The number of likely N-dealkylation sites (tertiary alicyclic amines) is 1. The molecule has 2 bridgehead atoms. The molecule has 0 saturated carbocycles. The molecular formula is C55H77N13O6. The summed E-state index contributed by atoms with van der Waals surface area (Å²) in [6, 6.07) is 13.1. The molecule has 6 atom stereocenters. The highest BCUT2D eigenvalue weighted by Crippen LogP contribution is 2.37. The second-order valence-electron chi connectivity index (χ2n) is 20.8. The number of hydrogen-bond acceptors (Lipinski definition) is 12. The summed E-state index contributed by atoms with van der Waals surface area (Å²) in [7, 11) is 3.39. The van der Waals surface area contributed by atoms with Crippen LogP contribution < -0.4 is 37.1 Å². The van der Waals surface area contributed by atoms with E-state index in [9.17, 15) is 24.0 Å². The number of carbonyl (C=O) groups is 5. The molecule has 19 heteroatoms. The molecule has 0 aliphatic carbocycles. The Bertz CT molecular complexity index is 2640. The smallest absolute Gasteiger partial charge is 0.305 e. The Balaban J connectivity index is 0.977. The maximum atomic E-state index is 14.4. The number of aryl methyl sites for hydroxylation is 1. The fourth-order valence-electron chi connectivity index (χ4n) is 9.58. The Morgan fingerprint density at radius 3 is 2.41 bits per heavy atom. The van der Waals surface area contributed by atoms with Crippen molar-refractivity contribution in [2.45, 2.75) is 156 Å². The van der Waals surface area contributed by atoms with E-state index in [-0.39, 0.29) is 78.8 Å². The molecule has 19 nitrogen and oxygen atoms in total. The Morgan fingerprint density at radius 2 is 1.72 bits per heavy atom. The number of nitrogens with two attached hydrogens (primary N) is 1. The van der Waals surface area contributed by atoms with Crippen LogP contribution in [0.1, 0.15) is 144 Å². The Morgan fingerprint density at radius 1 is 1.00 bits per heavy atom. The zero-order valence-electron chi connectivity index (χ0n) is 44.7. The van der Waals surface area contributed by atoms with Crippen LogP contribution in [0.3, 0.4) is 0 Å². The Hall–Kier alpha value is -6.91. The fraction of sp³-hybridized carbons (Fsp3) is 0.545. The number of benzene rings is 2. The molecule has 0 unspecified atom stereocenters. The number of carbonyl (C=O) groups excluding carboxylic acids is 5. The van der Waals surface area contributed by atoms with Crippen LogP contribution in [0, 0.1) is 18.9 Å². The number of fused-ring (bicyclic) bond motifs is 5. The molecule has 5 amide bonds. The van der Waals surface area contributed by atoms with Gasteiger partial charge in [0.1, 0.15) is 18.2 Å². The summed E-state index contributed by atoms with van der Waals surface area (Å²) >= 11 is 0. The van der Waals surface area contributed by atoms with Gasteiger partial charge in [-0.05, 0) is 82.2 Å². The molecule has 1 saturated heterocycles. The van der Waals surface area contributed by atoms with Gasteiger partial charge in [0.05, 0.1) is 48.3 Å². The molecule has 2 aromatic carbocycles. The third kappa shape index (κ3) is 14.2. The van der Waals surface area contributed by atoms with E-state index in [4.69, 9.17) is 22.0 Å². The summed E-state index contributed by atoms with van der Waals surface area (Å²) in [4.78, 5) is 84.5. The van der Waals surface area contributed by atoms with Gasteiger partial charge in [0.2, 0.25) is 23.6 Å². The first kappa shape index (κ1) is 56.4. The number of likely N-dealkylation sites (N-methyl/N-ethyl adjacent to an activating group) is 1. The average Bonchev–Trinajstić information content (AvgIpc) is 3.97. The third-order valence-electron chi connectivity index (χ3n) is 14.0. The third-order valence-corrected chi connectivity index (χ3v) is 14.0. The molecular weight excluding hydrogens is 939 g/mol. The number of nitrogen functional groups attached to an aromatic ring is 1. The van der Waals surface area contributed by atoms with Gasteiger partial charge in [0, 0.05) is 43.7 Å². The standard InChI is InChI=1S/C55H77N13O6/c1-11-41(37-21-17-16-18-22-37)62-51(71)43-30-38(32-67(43)54(73)47(55(5,6)7)64-50(70)35(3)57-8)59-26-20-15-13-12-14-19-23-45(69)60-27-28-68-44-33-66(10)53(72)39-25-24-34(2)29-40(39)36(4)74-52-48(56)61-31-42(63-52)46(44)49(58-9)65-68/h16-18,21-22,24-25,29,31,35-36,38,41,43,47,57,59H,11-15,19-20,23,26-28,30,32-33H2,1-8,10H3,(H2,56,61)(H,60,69)(H,62,71)(H,64,70)/t35-,36+,38-,41+,43-,47+/m0/s1. The highest BCUT2D eigenvalue weighted by molar-refractivity contribution is 5.96. The second-order valence-corrected chi connectivity index (χ2v) is 20.8. The highest BCUT2D eigenvalue weighted by Gasteiger charge is 2.45. The van der Waals surface area contributed by atoms with Gasteiger partial charge in [-0.3, -0.25) is 24.0 Å². The summed E-state index contributed by atoms with van der Waals surface area (Å²) in [5.41, 5.74) is 10.0. The molecule has 1 fully saturated rings. The second kappa shape index (κ2) is 25.8. The van der Waals surface area contributed by atoms with E-state index in [2.05, 4.69) is 41.5 Å². The minimum absolute atomic E-state index is 0.0745. The maximum Gasteiger partial charge on any atom is 0.305 e. The van der Waals surface area contributed by atoms with E-state index < -0.39 is 29.6 Å².